The number of urea groups is 1. The second kappa shape index (κ2) is 10.7. The molecule has 0 spiro atoms. The molecule has 184 valence electrons. The number of barbiturate groups is 1. The first kappa shape index (κ1) is 25.7. The number of carbonyl (C=O) groups is 3. The zero-order valence-electron chi connectivity index (χ0n) is 19.7. The lowest BCUT2D eigenvalue weighted by molar-refractivity contribution is -0.122. The molecule has 0 atom stereocenters. The number of methoxy groups -OCH3 is 1. The van der Waals surface area contributed by atoms with Crippen molar-refractivity contribution >= 4 is 63.8 Å². The molecule has 1 aliphatic heterocycles. The molecule has 0 radical (unpaired) electrons. The number of imide groups is 2. The van der Waals surface area contributed by atoms with E-state index >= 15 is 0 Å². The summed E-state index contributed by atoms with van der Waals surface area (Å²) in [6.07, 6.45) is 1.44. The fourth-order valence-electron chi connectivity index (χ4n) is 3.62. The summed E-state index contributed by atoms with van der Waals surface area (Å²) in [6, 6.07) is 15.2. The Bertz CT molecular complexity index is 1400. The van der Waals surface area contributed by atoms with Gasteiger partial charge in [0, 0.05) is 5.02 Å². The number of benzene rings is 3. The molecule has 0 aliphatic carbocycles. The number of rotatable bonds is 6. The average Bonchev–Trinajstić information content (AvgIpc) is 2.84. The third kappa shape index (κ3) is 5.39. The highest BCUT2D eigenvalue weighted by Crippen LogP contribution is 2.35. The standard InChI is InChI=1S/C27H22ClIN2O5/c1-15-4-9-20(10-16(15)2)31-26(33)21(25(32)30-27(31)34)11-18-12-22(29)24(23(13-18)35-3)36-14-17-5-7-19(28)8-6-17/h4-13H,14H2,1-3H3,(H,30,32,34)/b21-11+. The van der Waals surface area contributed by atoms with Gasteiger partial charge < -0.3 is 9.47 Å². The normalized spacial score (nSPS) is 14.8. The fraction of sp³-hybridized carbons (Fsp3) is 0.148. The van der Waals surface area contributed by atoms with Crippen LogP contribution in [0.5, 0.6) is 11.5 Å². The molecule has 0 bridgehead atoms. The van der Waals surface area contributed by atoms with Crippen molar-refractivity contribution in [3.63, 3.8) is 0 Å². The second-order valence-electron chi connectivity index (χ2n) is 8.18. The molecule has 3 aromatic carbocycles. The fourth-order valence-corrected chi connectivity index (χ4v) is 4.53. The van der Waals surface area contributed by atoms with Crippen molar-refractivity contribution in [3.05, 3.63) is 91.0 Å². The van der Waals surface area contributed by atoms with Gasteiger partial charge in [0.1, 0.15) is 12.2 Å². The predicted molar refractivity (Wildman–Crippen MR) is 146 cm³/mol. The Labute approximate surface area is 227 Å². The van der Waals surface area contributed by atoms with E-state index < -0.39 is 17.8 Å². The van der Waals surface area contributed by atoms with E-state index in [1.807, 2.05) is 32.0 Å². The molecule has 7 nitrogen and oxygen atoms in total. The molecule has 0 aromatic heterocycles. The summed E-state index contributed by atoms with van der Waals surface area (Å²) < 4.78 is 12.2. The molecular weight excluding hydrogens is 595 g/mol. The van der Waals surface area contributed by atoms with E-state index in [4.69, 9.17) is 21.1 Å². The summed E-state index contributed by atoms with van der Waals surface area (Å²) in [5.41, 5.74) is 3.64. The molecule has 4 rings (SSSR count). The van der Waals surface area contributed by atoms with Crippen LogP contribution in [0.25, 0.3) is 6.08 Å². The number of aryl methyl sites for hydroxylation is 2. The van der Waals surface area contributed by atoms with Crippen LogP contribution < -0.4 is 19.7 Å². The summed E-state index contributed by atoms with van der Waals surface area (Å²) in [5.74, 6) is -0.499. The van der Waals surface area contributed by atoms with Crippen LogP contribution in [0.2, 0.25) is 5.02 Å². The van der Waals surface area contributed by atoms with Crippen LogP contribution in [-0.4, -0.2) is 25.0 Å². The monoisotopic (exact) mass is 616 g/mol. The Hall–Kier alpha value is -3.37. The lowest BCUT2D eigenvalue weighted by Gasteiger charge is -2.27. The molecule has 9 heteroatoms. The van der Waals surface area contributed by atoms with E-state index in [-0.39, 0.29) is 5.57 Å². The molecule has 1 aliphatic rings. The van der Waals surface area contributed by atoms with Gasteiger partial charge in [0.15, 0.2) is 11.5 Å². The quantitative estimate of drug-likeness (QED) is 0.215. The third-order valence-corrected chi connectivity index (χ3v) is 6.76. The molecule has 0 saturated carbocycles. The maximum atomic E-state index is 13.2. The minimum atomic E-state index is -0.788. The summed E-state index contributed by atoms with van der Waals surface area (Å²) in [6.45, 7) is 4.12. The topological polar surface area (TPSA) is 84.9 Å². The van der Waals surface area contributed by atoms with Crippen LogP contribution in [0.3, 0.4) is 0 Å². The first-order valence-corrected chi connectivity index (χ1v) is 12.4. The number of amides is 4. The van der Waals surface area contributed by atoms with E-state index in [9.17, 15) is 14.4 Å². The molecule has 1 saturated heterocycles. The number of halogens is 2. The van der Waals surface area contributed by atoms with E-state index in [1.54, 1.807) is 36.4 Å². The number of nitrogens with one attached hydrogen (secondary N) is 1. The SMILES string of the molecule is COc1cc(/C=C2\C(=O)NC(=O)N(c3ccc(C)c(C)c3)C2=O)cc(I)c1OCc1ccc(Cl)cc1. The van der Waals surface area contributed by atoms with Gasteiger partial charge in [0.05, 0.1) is 16.4 Å². The summed E-state index contributed by atoms with van der Waals surface area (Å²) in [5, 5.41) is 2.89. The van der Waals surface area contributed by atoms with E-state index in [2.05, 4.69) is 27.9 Å². The largest absolute Gasteiger partial charge is 0.493 e. The Morgan fingerprint density at radius 3 is 2.39 bits per heavy atom. The van der Waals surface area contributed by atoms with Gasteiger partial charge in [-0.05, 0) is 101 Å². The number of hydrogen-bond acceptors (Lipinski definition) is 5. The van der Waals surface area contributed by atoms with Crippen molar-refractivity contribution in [1.29, 1.82) is 0 Å². The minimum absolute atomic E-state index is 0.166. The van der Waals surface area contributed by atoms with Gasteiger partial charge in [0.25, 0.3) is 11.8 Å². The predicted octanol–water partition coefficient (Wildman–Crippen LogP) is 5.82. The number of carbonyl (C=O) groups excluding carboxylic acids is 3. The Morgan fingerprint density at radius 1 is 1.00 bits per heavy atom. The lowest BCUT2D eigenvalue weighted by Crippen LogP contribution is -2.54. The minimum Gasteiger partial charge on any atom is -0.493 e. The molecular formula is C27H22ClIN2O5. The average molecular weight is 617 g/mol. The van der Waals surface area contributed by atoms with Crippen LogP contribution in [0.4, 0.5) is 10.5 Å². The molecule has 0 unspecified atom stereocenters. The summed E-state index contributed by atoms with van der Waals surface area (Å²) in [4.78, 5) is 39.3. The van der Waals surface area contributed by atoms with Crippen LogP contribution in [-0.2, 0) is 16.2 Å². The second-order valence-corrected chi connectivity index (χ2v) is 9.77. The molecule has 1 fully saturated rings. The van der Waals surface area contributed by atoms with Gasteiger partial charge >= 0.3 is 6.03 Å². The van der Waals surface area contributed by atoms with Crippen molar-refractivity contribution in [2.45, 2.75) is 20.5 Å². The molecule has 1 N–H and O–H groups in total. The van der Waals surface area contributed by atoms with Gasteiger partial charge in [-0.15, -0.1) is 0 Å². The van der Waals surface area contributed by atoms with E-state index in [1.165, 1.54) is 13.2 Å². The Kier molecular flexibility index (Phi) is 7.65. The molecule has 36 heavy (non-hydrogen) atoms. The maximum absolute atomic E-state index is 13.2. The third-order valence-electron chi connectivity index (χ3n) is 5.71. The maximum Gasteiger partial charge on any atom is 0.335 e. The highest BCUT2D eigenvalue weighted by atomic mass is 127. The van der Waals surface area contributed by atoms with Crippen molar-refractivity contribution in [3.8, 4) is 11.5 Å². The molecule has 3 aromatic rings. The van der Waals surface area contributed by atoms with Crippen molar-refractivity contribution in [2.75, 3.05) is 12.0 Å². The first-order valence-electron chi connectivity index (χ1n) is 10.9. The summed E-state index contributed by atoms with van der Waals surface area (Å²) in [7, 11) is 1.51. The van der Waals surface area contributed by atoms with Crippen LogP contribution in [0, 0.1) is 17.4 Å². The van der Waals surface area contributed by atoms with Gasteiger partial charge in [-0.3, -0.25) is 14.9 Å². The molecule has 1 heterocycles. The zero-order chi connectivity index (χ0) is 26.0. The number of ether oxygens (including phenoxy) is 2. The van der Waals surface area contributed by atoms with E-state index in [0.717, 1.165) is 25.2 Å². The highest BCUT2D eigenvalue weighted by Gasteiger charge is 2.37. The van der Waals surface area contributed by atoms with E-state index in [0.29, 0.717) is 34.4 Å². The van der Waals surface area contributed by atoms with Gasteiger partial charge in [-0.1, -0.05) is 29.8 Å². The van der Waals surface area contributed by atoms with Gasteiger partial charge in [-0.25, -0.2) is 9.69 Å². The lowest BCUT2D eigenvalue weighted by atomic mass is 10.0. The number of hydrogen-bond donors (Lipinski definition) is 1. The van der Waals surface area contributed by atoms with Gasteiger partial charge in [-0.2, -0.15) is 0 Å². The van der Waals surface area contributed by atoms with Crippen LogP contribution in [0.1, 0.15) is 22.3 Å². The Balaban J connectivity index is 1.64. The number of anilines is 1. The Morgan fingerprint density at radius 2 is 1.72 bits per heavy atom. The van der Waals surface area contributed by atoms with Crippen molar-refractivity contribution < 1.29 is 23.9 Å². The zero-order valence-corrected chi connectivity index (χ0v) is 22.6. The van der Waals surface area contributed by atoms with Crippen molar-refractivity contribution in [2.24, 2.45) is 0 Å². The van der Waals surface area contributed by atoms with Crippen LogP contribution in [0.15, 0.2) is 60.2 Å². The number of nitrogens with zero attached hydrogens (tertiary/aromatic N) is 1. The molecule has 4 amide bonds. The smallest absolute Gasteiger partial charge is 0.335 e. The summed E-state index contributed by atoms with van der Waals surface area (Å²) >= 11 is 8.05. The van der Waals surface area contributed by atoms with Crippen molar-refractivity contribution in [1.82, 2.24) is 5.32 Å². The highest BCUT2D eigenvalue weighted by molar-refractivity contribution is 14.1. The van der Waals surface area contributed by atoms with Crippen LogP contribution >= 0.6 is 34.2 Å². The first-order chi connectivity index (χ1) is 17.2. The van der Waals surface area contributed by atoms with Gasteiger partial charge in [0.2, 0.25) is 0 Å².